The highest BCUT2D eigenvalue weighted by molar-refractivity contribution is 5.90. The van der Waals surface area contributed by atoms with Crippen molar-refractivity contribution in [3.63, 3.8) is 0 Å². The van der Waals surface area contributed by atoms with Gasteiger partial charge >= 0.3 is 5.97 Å². The fourth-order valence-corrected chi connectivity index (χ4v) is 5.57. The molecule has 0 aliphatic carbocycles. The SMILES string of the molecule is COC(=O)/C=C/[C@@H]([C@H]1OC(C)(C)O[C@H]1[C@H]1COC(C)(C)O1)N1C(=O)[C@@H](OC)[C@H]1[C@H]1OC1c1ccccc1. The number of ether oxygens (including phenoxy) is 7. The fourth-order valence-electron chi connectivity index (χ4n) is 5.57. The molecular weight excluding hydrogens is 482 g/mol. The van der Waals surface area contributed by atoms with Gasteiger partial charge in [-0.15, -0.1) is 0 Å². The molecule has 1 aromatic rings. The summed E-state index contributed by atoms with van der Waals surface area (Å²) in [5.74, 6) is -2.48. The van der Waals surface area contributed by atoms with E-state index in [1.165, 1.54) is 20.3 Å². The highest BCUT2D eigenvalue weighted by Gasteiger charge is 2.64. The molecule has 8 atom stereocenters. The lowest BCUT2D eigenvalue weighted by molar-refractivity contribution is -0.185. The van der Waals surface area contributed by atoms with Gasteiger partial charge in [-0.1, -0.05) is 36.4 Å². The lowest BCUT2D eigenvalue weighted by Crippen LogP contribution is -2.72. The van der Waals surface area contributed by atoms with Gasteiger partial charge in [0.15, 0.2) is 17.7 Å². The number of amides is 1. The number of likely N-dealkylation sites (tertiary alicyclic amines) is 1. The molecular formula is C27H35NO9. The van der Waals surface area contributed by atoms with Gasteiger partial charge in [0.1, 0.15) is 30.5 Å². The van der Waals surface area contributed by atoms with Gasteiger partial charge in [-0.3, -0.25) is 4.79 Å². The Bertz CT molecular complexity index is 1040. The summed E-state index contributed by atoms with van der Waals surface area (Å²) in [5, 5.41) is 0. The number of nitrogens with zero attached hydrogens (tertiary/aromatic N) is 1. The molecule has 4 heterocycles. The van der Waals surface area contributed by atoms with Crippen LogP contribution in [0.1, 0.15) is 39.4 Å². The van der Waals surface area contributed by atoms with E-state index in [9.17, 15) is 9.59 Å². The third-order valence-electron chi connectivity index (χ3n) is 7.22. The van der Waals surface area contributed by atoms with E-state index < -0.39 is 48.0 Å². The van der Waals surface area contributed by atoms with Crippen LogP contribution >= 0.6 is 0 Å². The van der Waals surface area contributed by atoms with Gasteiger partial charge in [-0.25, -0.2) is 4.79 Å². The Morgan fingerprint density at radius 3 is 2.41 bits per heavy atom. The first kappa shape index (κ1) is 26.3. The van der Waals surface area contributed by atoms with Crippen molar-refractivity contribution in [2.75, 3.05) is 20.8 Å². The van der Waals surface area contributed by atoms with Gasteiger partial charge in [0.25, 0.3) is 5.91 Å². The quantitative estimate of drug-likeness (QED) is 0.222. The van der Waals surface area contributed by atoms with Crippen molar-refractivity contribution in [2.45, 2.75) is 88.0 Å². The molecule has 1 amide bonds. The van der Waals surface area contributed by atoms with Crippen molar-refractivity contribution in [3.8, 4) is 0 Å². The van der Waals surface area contributed by atoms with Crippen molar-refractivity contribution in [1.29, 1.82) is 0 Å². The second-order valence-electron chi connectivity index (χ2n) is 10.6. The zero-order valence-electron chi connectivity index (χ0n) is 22.0. The van der Waals surface area contributed by atoms with Crippen molar-refractivity contribution in [2.24, 2.45) is 0 Å². The zero-order chi connectivity index (χ0) is 26.5. The van der Waals surface area contributed by atoms with Crippen LogP contribution in [0.3, 0.4) is 0 Å². The Morgan fingerprint density at radius 2 is 1.78 bits per heavy atom. The smallest absolute Gasteiger partial charge is 0.330 e. The monoisotopic (exact) mass is 517 g/mol. The first-order chi connectivity index (χ1) is 17.5. The lowest BCUT2D eigenvalue weighted by Gasteiger charge is -2.50. The van der Waals surface area contributed by atoms with Crippen LogP contribution in [0.5, 0.6) is 0 Å². The van der Waals surface area contributed by atoms with Crippen LogP contribution in [0, 0.1) is 0 Å². The second kappa shape index (κ2) is 9.76. The molecule has 37 heavy (non-hydrogen) atoms. The highest BCUT2D eigenvalue weighted by atomic mass is 16.8. The summed E-state index contributed by atoms with van der Waals surface area (Å²) in [6.45, 7) is 7.60. The van der Waals surface area contributed by atoms with Gasteiger partial charge in [0.2, 0.25) is 0 Å². The van der Waals surface area contributed by atoms with Gasteiger partial charge in [-0.05, 0) is 33.3 Å². The molecule has 0 aromatic heterocycles. The number of carbonyl (C=O) groups is 2. The third kappa shape index (κ3) is 5.06. The molecule has 10 heteroatoms. The normalized spacial score (nSPS) is 37.0. The van der Waals surface area contributed by atoms with Crippen LogP contribution < -0.4 is 0 Å². The number of carbonyl (C=O) groups excluding carboxylic acids is 2. The Labute approximate surface area is 216 Å². The number of epoxide rings is 1. The number of esters is 1. The van der Waals surface area contributed by atoms with E-state index in [-0.39, 0.29) is 24.2 Å². The Morgan fingerprint density at radius 1 is 1.05 bits per heavy atom. The molecule has 0 radical (unpaired) electrons. The average molecular weight is 518 g/mol. The maximum atomic E-state index is 13.4. The van der Waals surface area contributed by atoms with Crippen LogP contribution in [0.4, 0.5) is 0 Å². The summed E-state index contributed by atoms with van der Waals surface area (Å²) in [5.41, 5.74) is 1.03. The molecule has 4 fully saturated rings. The van der Waals surface area contributed by atoms with Crippen LogP contribution in [0.15, 0.2) is 42.5 Å². The number of hydrogen-bond donors (Lipinski definition) is 0. The molecule has 1 unspecified atom stereocenters. The van der Waals surface area contributed by atoms with E-state index in [4.69, 9.17) is 33.2 Å². The molecule has 202 valence electrons. The molecule has 4 aliphatic rings. The topological polar surface area (TPSA) is 105 Å². The predicted octanol–water partition coefficient (Wildman–Crippen LogP) is 2.12. The van der Waals surface area contributed by atoms with E-state index in [1.54, 1.807) is 11.0 Å². The summed E-state index contributed by atoms with van der Waals surface area (Å²) < 4.78 is 41.0. The van der Waals surface area contributed by atoms with Crippen LogP contribution in [0.2, 0.25) is 0 Å². The minimum absolute atomic E-state index is 0.162. The summed E-state index contributed by atoms with van der Waals surface area (Å²) in [6.07, 6.45) is 0.179. The van der Waals surface area contributed by atoms with Crippen molar-refractivity contribution >= 4 is 11.9 Å². The third-order valence-corrected chi connectivity index (χ3v) is 7.22. The molecule has 0 bridgehead atoms. The van der Waals surface area contributed by atoms with E-state index >= 15 is 0 Å². The number of β-lactam (4-membered cyclic amide) rings is 1. The Balaban J connectivity index is 1.47. The fraction of sp³-hybridized carbons (Fsp3) is 0.630. The maximum Gasteiger partial charge on any atom is 0.330 e. The van der Waals surface area contributed by atoms with Crippen molar-refractivity contribution in [3.05, 3.63) is 48.0 Å². The predicted molar refractivity (Wildman–Crippen MR) is 129 cm³/mol. The number of benzene rings is 1. The first-order valence-corrected chi connectivity index (χ1v) is 12.5. The van der Waals surface area contributed by atoms with Gasteiger partial charge < -0.3 is 38.1 Å². The number of rotatable bonds is 8. The summed E-state index contributed by atoms with van der Waals surface area (Å²) >= 11 is 0. The molecule has 0 spiro atoms. The lowest BCUT2D eigenvalue weighted by atomic mass is 9.86. The number of hydrogen-bond acceptors (Lipinski definition) is 9. The van der Waals surface area contributed by atoms with E-state index in [2.05, 4.69) is 0 Å². The molecule has 10 nitrogen and oxygen atoms in total. The van der Waals surface area contributed by atoms with Gasteiger partial charge in [0, 0.05) is 13.2 Å². The van der Waals surface area contributed by atoms with E-state index in [0.29, 0.717) is 6.61 Å². The molecule has 4 aliphatic heterocycles. The van der Waals surface area contributed by atoms with Crippen LogP contribution in [-0.4, -0.2) is 91.8 Å². The highest BCUT2D eigenvalue weighted by Crippen LogP contribution is 2.49. The largest absolute Gasteiger partial charge is 0.466 e. The minimum atomic E-state index is -0.949. The van der Waals surface area contributed by atoms with Gasteiger partial charge in [-0.2, -0.15) is 0 Å². The molecule has 4 saturated heterocycles. The van der Waals surface area contributed by atoms with Crippen LogP contribution in [-0.2, 0) is 42.7 Å². The first-order valence-electron chi connectivity index (χ1n) is 12.5. The minimum Gasteiger partial charge on any atom is -0.466 e. The summed E-state index contributed by atoms with van der Waals surface area (Å²) in [7, 11) is 2.81. The molecule has 0 saturated carbocycles. The molecule has 5 rings (SSSR count). The maximum absolute atomic E-state index is 13.4. The van der Waals surface area contributed by atoms with Crippen molar-refractivity contribution < 1.29 is 42.7 Å². The molecule has 0 N–H and O–H groups in total. The number of methoxy groups -OCH3 is 2. The summed E-state index contributed by atoms with van der Waals surface area (Å²) in [4.78, 5) is 27.2. The Hall–Kier alpha value is -2.34. The van der Waals surface area contributed by atoms with E-state index in [0.717, 1.165) is 5.56 Å². The Kier molecular flexibility index (Phi) is 6.93. The average Bonchev–Trinajstić information content (AvgIpc) is 3.45. The summed E-state index contributed by atoms with van der Waals surface area (Å²) in [6, 6.07) is 8.78. The van der Waals surface area contributed by atoms with Gasteiger partial charge in [0.05, 0.1) is 25.8 Å². The standard InChI is InChI=1S/C27H35NO9/c1-26(2)33-14-17(35-26)22-21(36-27(3,4)37-22)16(12-13-18(29)31-5)28-19(24(32-6)25(28)30)23-20(34-23)15-10-8-7-9-11-15/h7-13,16-17,19-24H,14H2,1-6H3/b13-12+/t16-,17+,19+,20?,21+,22-,23+,24-/m0/s1. The van der Waals surface area contributed by atoms with Crippen LogP contribution in [0.25, 0.3) is 0 Å². The zero-order valence-corrected chi connectivity index (χ0v) is 22.0. The molecule has 1 aromatic carbocycles. The van der Waals surface area contributed by atoms with E-state index in [1.807, 2.05) is 58.0 Å². The van der Waals surface area contributed by atoms with Crippen molar-refractivity contribution in [1.82, 2.24) is 4.90 Å². The second-order valence-corrected chi connectivity index (χ2v) is 10.6.